The minimum atomic E-state index is -0.406. The van der Waals surface area contributed by atoms with Crippen molar-refractivity contribution in [1.29, 1.82) is 0 Å². The Morgan fingerprint density at radius 3 is 2.84 bits per heavy atom. The van der Waals surface area contributed by atoms with E-state index in [1.165, 1.54) is 30.8 Å². The summed E-state index contributed by atoms with van der Waals surface area (Å²) in [6.45, 7) is 6.38. The number of carbonyl (C=O) groups excluding carboxylic acids is 1. The molecule has 0 amide bonds. The monoisotopic (exact) mass is 285 g/mol. The zero-order valence-corrected chi connectivity index (χ0v) is 12.7. The summed E-state index contributed by atoms with van der Waals surface area (Å²) in [5.74, 6) is -0.163. The van der Waals surface area contributed by atoms with Crippen LogP contribution in [0.3, 0.4) is 0 Å². The lowest BCUT2D eigenvalue weighted by molar-refractivity contribution is 0.0529. The van der Waals surface area contributed by atoms with Gasteiger partial charge < -0.3 is 15.8 Å². The normalized spacial score (nSPS) is 12.2. The van der Waals surface area contributed by atoms with Crippen molar-refractivity contribution < 1.29 is 9.53 Å². The second-order valence-electron chi connectivity index (χ2n) is 4.53. The van der Waals surface area contributed by atoms with Crippen LogP contribution in [0.2, 0.25) is 0 Å². The molecule has 1 aromatic heterocycles. The maximum Gasteiger partial charge on any atom is 0.344 e. The molecule has 1 rings (SSSR count). The number of esters is 1. The van der Waals surface area contributed by atoms with Crippen LogP contribution in [0.25, 0.3) is 0 Å². The fraction of sp³-hybridized carbons (Fsp3) is 0.692. The number of nitrogen functional groups attached to an aromatic ring is 1. The second-order valence-corrected chi connectivity index (χ2v) is 5.31. The van der Waals surface area contributed by atoms with Gasteiger partial charge in [0.05, 0.1) is 6.61 Å². The predicted octanol–water partition coefficient (Wildman–Crippen LogP) is 3.28. The summed E-state index contributed by atoms with van der Waals surface area (Å²) in [6, 6.07) is 0.291. The van der Waals surface area contributed by atoms with Crippen LogP contribution >= 0.6 is 11.5 Å². The number of nitrogens with zero attached hydrogens (tertiary/aromatic N) is 1. The lowest BCUT2D eigenvalue weighted by Crippen LogP contribution is -2.17. The smallest absolute Gasteiger partial charge is 0.344 e. The van der Waals surface area contributed by atoms with Crippen LogP contribution in [-0.2, 0) is 4.74 Å². The summed E-state index contributed by atoms with van der Waals surface area (Å²) in [5, 5.41) is 4.01. The number of hydrogen-bond donors (Lipinski definition) is 2. The molecule has 6 heteroatoms. The maximum absolute atomic E-state index is 11.8. The van der Waals surface area contributed by atoms with Gasteiger partial charge in [0.2, 0.25) is 0 Å². The van der Waals surface area contributed by atoms with Crippen LogP contribution in [0.15, 0.2) is 0 Å². The molecule has 1 heterocycles. The van der Waals surface area contributed by atoms with Crippen molar-refractivity contribution in [3.8, 4) is 0 Å². The van der Waals surface area contributed by atoms with Crippen LogP contribution in [-0.4, -0.2) is 23.0 Å². The maximum atomic E-state index is 11.8. The Morgan fingerprint density at radius 2 is 2.21 bits per heavy atom. The lowest BCUT2D eigenvalue weighted by Gasteiger charge is -2.14. The summed E-state index contributed by atoms with van der Waals surface area (Å²) >= 11 is 1.21. The standard InChI is InChI=1S/C13H23N3O2S/c1-4-6-7-8-9(3)15-12-10(11(14)16-19-12)13(17)18-5-2/h9,15H,4-8H2,1-3H3,(H2,14,16). The first kappa shape index (κ1) is 15.8. The molecule has 0 aromatic carbocycles. The number of ether oxygens (including phenoxy) is 1. The molecule has 0 bridgehead atoms. The first-order valence-electron chi connectivity index (χ1n) is 6.78. The Labute approximate surface area is 118 Å². The topological polar surface area (TPSA) is 77.2 Å². The van der Waals surface area contributed by atoms with Crippen LogP contribution in [0.5, 0.6) is 0 Å². The molecule has 0 aliphatic carbocycles. The molecule has 3 N–H and O–H groups in total. The third-order valence-electron chi connectivity index (χ3n) is 2.82. The van der Waals surface area contributed by atoms with E-state index in [0.29, 0.717) is 23.2 Å². The number of hydrogen-bond acceptors (Lipinski definition) is 6. The van der Waals surface area contributed by atoms with Gasteiger partial charge in [0, 0.05) is 6.04 Å². The number of anilines is 2. The molecule has 0 fully saturated rings. The molecule has 1 atom stereocenters. The van der Waals surface area contributed by atoms with Gasteiger partial charge >= 0.3 is 5.97 Å². The summed E-state index contributed by atoms with van der Waals surface area (Å²) in [6.07, 6.45) is 4.66. The number of rotatable bonds is 8. The van der Waals surface area contributed by atoms with Crippen molar-refractivity contribution >= 4 is 28.3 Å². The highest BCUT2D eigenvalue weighted by Crippen LogP contribution is 2.28. The SMILES string of the molecule is CCCCCC(C)Nc1snc(N)c1C(=O)OCC. The first-order valence-corrected chi connectivity index (χ1v) is 7.56. The number of unbranched alkanes of at least 4 members (excludes halogenated alkanes) is 2. The van der Waals surface area contributed by atoms with E-state index in [1.54, 1.807) is 6.92 Å². The number of aromatic nitrogens is 1. The average molecular weight is 285 g/mol. The van der Waals surface area contributed by atoms with E-state index in [-0.39, 0.29) is 5.82 Å². The Kier molecular flexibility index (Phi) is 6.62. The summed E-state index contributed by atoms with van der Waals surface area (Å²) in [4.78, 5) is 11.8. The van der Waals surface area contributed by atoms with Crippen molar-refractivity contribution in [1.82, 2.24) is 4.37 Å². The quantitative estimate of drug-likeness (QED) is 0.566. The molecule has 1 unspecified atom stereocenters. The third kappa shape index (κ3) is 4.70. The van der Waals surface area contributed by atoms with Gasteiger partial charge in [-0.25, -0.2) is 4.79 Å². The van der Waals surface area contributed by atoms with E-state index in [1.807, 2.05) is 0 Å². The van der Waals surface area contributed by atoms with Gasteiger partial charge in [0.25, 0.3) is 0 Å². The zero-order chi connectivity index (χ0) is 14.3. The minimum absolute atomic E-state index is 0.242. The Balaban J connectivity index is 2.65. The molecule has 19 heavy (non-hydrogen) atoms. The highest BCUT2D eigenvalue weighted by atomic mass is 32.1. The van der Waals surface area contributed by atoms with E-state index in [4.69, 9.17) is 10.5 Å². The molecule has 0 radical (unpaired) electrons. The second kappa shape index (κ2) is 7.99. The van der Waals surface area contributed by atoms with Gasteiger partial charge in [-0.2, -0.15) is 4.37 Å². The van der Waals surface area contributed by atoms with Crippen LogP contribution in [0.4, 0.5) is 10.8 Å². The van der Waals surface area contributed by atoms with Crippen LogP contribution in [0.1, 0.15) is 56.8 Å². The summed E-state index contributed by atoms with van der Waals surface area (Å²) in [7, 11) is 0. The average Bonchev–Trinajstić information content (AvgIpc) is 2.71. The van der Waals surface area contributed by atoms with Gasteiger partial charge in [-0.3, -0.25) is 0 Å². The Morgan fingerprint density at radius 1 is 1.47 bits per heavy atom. The van der Waals surface area contributed by atoms with Crippen molar-refractivity contribution in [2.45, 2.75) is 52.5 Å². The van der Waals surface area contributed by atoms with E-state index in [0.717, 1.165) is 6.42 Å². The van der Waals surface area contributed by atoms with Crippen LogP contribution < -0.4 is 11.1 Å². The third-order valence-corrected chi connectivity index (χ3v) is 3.61. The molecule has 108 valence electrons. The van der Waals surface area contributed by atoms with E-state index >= 15 is 0 Å². The molecule has 0 aliphatic heterocycles. The number of carbonyl (C=O) groups is 1. The minimum Gasteiger partial charge on any atom is -0.462 e. The zero-order valence-electron chi connectivity index (χ0n) is 11.9. The fourth-order valence-electron chi connectivity index (χ4n) is 1.80. The van der Waals surface area contributed by atoms with E-state index in [2.05, 4.69) is 23.5 Å². The largest absolute Gasteiger partial charge is 0.462 e. The van der Waals surface area contributed by atoms with Crippen molar-refractivity contribution in [3.05, 3.63) is 5.56 Å². The van der Waals surface area contributed by atoms with Crippen molar-refractivity contribution in [2.75, 3.05) is 17.7 Å². The Hall–Kier alpha value is -1.30. The molecular formula is C13H23N3O2S. The number of nitrogens with two attached hydrogens (primary N) is 1. The molecular weight excluding hydrogens is 262 g/mol. The van der Waals surface area contributed by atoms with Gasteiger partial charge in [0.1, 0.15) is 10.6 Å². The van der Waals surface area contributed by atoms with Gasteiger partial charge in [-0.15, -0.1) is 0 Å². The Bertz CT molecular complexity index is 407. The molecule has 0 saturated heterocycles. The van der Waals surface area contributed by atoms with Gasteiger partial charge in [-0.05, 0) is 31.8 Å². The van der Waals surface area contributed by atoms with E-state index in [9.17, 15) is 4.79 Å². The first-order chi connectivity index (χ1) is 9.10. The number of nitrogens with one attached hydrogen (secondary N) is 1. The molecule has 0 aliphatic rings. The highest BCUT2D eigenvalue weighted by molar-refractivity contribution is 7.11. The fourth-order valence-corrected chi connectivity index (χ4v) is 2.61. The molecule has 5 nitrogen and oxygen atoms in total. The van der Waals surface area contributed by atoms with E-state index < -0.39 is 5.97 Å². The van der Waals surface area contributed by atoms with Gasteiger partial charge in [-0.1, -0.05) is 26.2 Å². The predicted molar refractivity (Wildman–Crippen MR) is 79.7 cm³/mol. The summed E-state index contributed by atoms with van der Waals surface area (Å²) in [5.41, 5.74) is 6.10. The summed E-state index contributed by atoms with van der Waals surface area (Å²) < 4.78 is 9.02. The molecule has 0 saturated carbocycles. The lowest BCUT2D eigenvalue weighted by atomic mass is 10.1. The van der Waals surface area contributed by atoms with Gasteiger partial charge in [0.15, 0.2) is 5.82 Å². The molecule has 0 spiro atoms. The van der Waals surface area contributed by atoms with Crippen LogP contribution in [0, 0.1) is 0 Å². The van der Waals surface area contributed by atoms with Crippen molar-refractivity contribution in [3.63, 3.8) is 0 Å². The highest BCUT2D eigenvalue weighted by Gasteiger charge is 2.21. The molecule has 1 aromatic rings. The van der Waals surface area contributed by atoms with Crippen molar-refractivity contribution in [2.24, 2.45) is 0 Å².